The summed E-state index contributed by atoms with van der Waals surface area (Å²) >= 11 is 0. The number of nitrogens with zero attached hydrogens (tertiary/aromatic N) is 1. The topological polar surface area (TPSA) is 32.3 Å². The minimum absolute atomic E-state index is 0. The normalized spacial score (nSPS) is 28.9. The van der Waals surface area contributed by atoms with Crippen molar-refractivity contribution in [1.29, 1.82) is 0 Å². The Morgan fingerprint density at radius 3 is 2.24 bits per heavy atom. The maximum atomic E-state index is 12.2. The molecule has 1 saturated carbocycles. The second kappa shape index (κ2) is 4.43. The van der Waals surface area contributed by atoms with Crippen molar-refractivity contribution in [3.8, 4) is 0 Å². The van der Waals surface area contributed by atoms with Gasteiger partial charge in [0.25, 0.3) is 0 Å². The highest BCUT2D eigenvalue weighted by molar-refractivity contribution is 5.85. The van der Waals surface area contributed by atoms with Crippen molar-refractivity contribution in [3.05, 3.63) is 0 Å². The second-order valence-electron chi connectivity index (χ2n) is 6.28. The molecule has 0 aromatic rings. The minimum atomic E-state index is 0. The molecule has 4 heteroatoms. The number of nitrogens with one attached hydrogen (secondary N) is 1. The largest absolute Gasteiger partial charge is 0.342 e. The van der Waals surface area contributed by atoms with Gasteiger partial charge < -0.3 is 10.2 Å². The third-order valence-electron chi connectivity index (χ3n) is 4.96. The van der Waals surface area contributed by atoms with E-state index in [0.717, 1.165) is 25.9 Å². The summed E-state index contributed by atoms with van der Waals surface area (Å²) in [5.41, 5.74) is 0.555. The van der Waals surface area contributed by atoms with Crippen LogP contribution in [-0.4, -0.2) is 37.0 Å². The van der Waals surface area contributed by atoms with Crippen LogP contribution in [0.3, 0.4) is 0 Å². The molecule has 0 aromatic carbocycles. The Morgan fingerprint density at radius 2 is 1.76 bits per heavy atom. The molecule has 0 unspecified atom stereocenters. The van der Waals surface area contributed by atoms with Gasteiger partial charge in [-0.25, -0.2) is 0 Å². The van der Waals surface area contributed by atoms with Crippen LogP contribution in [0.4, 0.5) is 0 Å². The Balaban J connectivity index is 0.00000108. The van der Waals surface area contributed by atoms with Crippen LogP contribution in [0.25, 0.3) is 0 Å². The molecule has 1 spiro atoms. The molecule has 2 saturated heterocycles. The third kappa shape index (κ3) is 2.32. The van der Waals surface area contributed by atoms with E-state index in [1.165, 1.54) is 32.4 Å². The van der Waals surface area contributed by atoms with E-state index in [9.17, 15) is 4.79 Å². The number of carbonyl (C=O) groups excluding carboxylic acids is 1. The Kier molecular flexibility index (Phi) is 3.43. The summed E-state index contributed by atoms with van der Waals surface area (Å²) in [7, 11) is 0. The molecule has 0 atom stereocenters. The van der Waals surface area contributed by atoms with E-state index in [2.05, 4.69) is 17.1 Å². The zero-order chi connectivity index (χ0) is 11.2. The van der Waals surface area contributed by atoms with Gasteiger partial charge in [0.05, 0.1) is 0 Å². The Morgan fingerprint density at radius 1 is 1.12 bits per heavy atom. The number of piperidine rings is 1. The Hall–Kier alpha value is -0.280. The molecule has 3 fully saturated rings. The Labute approximate surface area is 110 Å². The Bertz CT molecular complexity index is 299. The van der Waals surface area contributed by atoms with Crippen LogP contribution in [-0.2, 0) is 4.79 Å². The first kappa shape index (κ1) is 13.2. The minimum Gasteiger partial charge on any atom is -0.342 e. The van der Waals surface area contributed by atoms with Gasteiger partial charge in [-0.2, -0.15) is 0 Å². The van der Waals surface area contributed by atoms with Crippen molar-refractivity contribution in [2.24, 2.45) is 10.8 Å². The van der Waals surface area contributed by atoms with E-state index in [1.807, 2.05) is 0 Å². The van der Waals surface area contributed by atoms with Crippen LogP contribution in [0.2, 0.25) is 0 Å². The van der Waals surface area contributed by atoms with Gasteiger partial charge in [0, 0.05) is 25.0 Å². The van der Waals surface area contributed by atoms with Crippen LogP contribution < -0.4 is 5.32 Å². The molecule has 0 radical (unpaired) electrons. The molecular formula is C13H23ClN2O. The number of likely N-dealkylation sites (tertiary alicyclic amines) is 1. The highest BCUT2D eigenvalue weighted by Crippen LogP contribution is 2.47. The monoisotopic (exact) mass is 258 g/mol. The second-order valence-corrected chi connectivity index (χ2v) is 6.28. The quantitative estimate of drug-likeness (QED) is 0.778. The SMILES string of the molecule is CC1(C(=O)N2CCC3(CCNC3)CC2)CC1.Cl. The lowest BCUT2D eigenvalue weighted by atomic mass is 9.77. The summed E-state index contributed by atoms with van der Waals surface area (Å²) < 4.78 is 0. The summed E-state index contributed by atoms with van der Waals surface area (Å²) in [6, 6.07) is 0. The molecule has 2 heterocycles. The van der Waals surface area contributed by atoms with Gasteiger partial charge in [-0.05, 0) is 44.1 Å². The van der Waals surface area contributed by atoms with Crippen molar-refractivity contribution in [1.82, 2.24) is 10.2 Å². The molecule has 1 N–H and O–H groups in total. The number of carbonyl (C=O) groups is 1. The molecular weight excluding hydrogens is 236 g/mol. The fourth-order valence-electron chi connectivity index (χ4n) is 3.19. The van der Waals surface area contributed by atoms with Crippen LogP contribution in [0, 0.1) is 10.8 Å². The summed E-state index contributed by atoms with van der Waals surface area (Å²) in [4.78, 5) is 14.3. The maximum Gasteiger partial charge on any atom is 0.228 e. The first-order valence-electron chi connectivity index (χ1n) is 6.64. The molecule has 98 valence electrons. The van der Waals surface area contributed by atoms with E-state index in [0.29, 0.717) is 11.3 Å². The van der Waals surface area contributed by atoms with Crippen LogP contribution in [0.5, 0.6) is 0 Å². The molecule has 1 aliphatic carbocycles. The zero-order valence-corrected chi connectivity index (χ0v) is 11.4. The summed E-state index contributed by atoms with van der Waals surface area (Å²) in [5.74, 6) is 0.424. The van der Waals surface area contributed by atoms with Gasteiger partial charge >= 0.3 is 0 Å². The average Bonchev–Trinajstić information content (AvgIpc) is 2.89. The van der Waals surface area contributed by atoms with Crippen molar-refractivity contribution >= 4 is 18.3 Å². The van der Waals surface area contributed by atoms with Crippen LogP contribution >= 0.6 is 12.4 Å². The van der Waals surface area contributed by atoms with Crippen molar-refractivity contribution in [2.45, 2.75) is 39.0 Å². The lowest BCUT2D eigenvalue weighted by Gasteiger charge is -2.39. The molecule has 3 rings (SSSR count). The van der Waals surface area contributed by atoms with Crippen molar-refractivity contribution < 1.29 is 4.79 Å². The van der Waals surface area contributed by atoms with Crippen LogP contribution in [0.1, 0.15) is 39.0 Å². The number of amides is 1. The number of hydrogen-bond acceptors (Lipinski definition) is 2. The highest BCUT2D eigenvalue weighted by atomic mass is 35.5. The summed E-state index contributed by atoms with van der Waals surface area (Å²) in [6.07, 6.45) is 5.94. The molecule has 0 aromatic heterocycles. The number of hydrogen-bond donors (Lipinski definition) is 1. The van der Waals surface area contributed by atoms with E-state index >= 15 is 0 Å². The van der Waals surface area contributed by atoms with Gasteiger partial charge in [0.15, 0.2) is 0 Å². The van der Waals surface area contributed by atoms with Gasteiger partial charge in [-0.1, -0.05) is 6.92 Å². The van der Waals surface area contributed by atoms with E-state index in [1.54, 1.807) is 0 Å². The summed E-state index contributed by atoms with van der Waals surface area (Å²) in [5, 5.41) is 3.47. The first-order valence-corrected chi connectivity index (χ1v) is 6.64. The van der Waals surface area contributed by atoms with E-state index < -0.39 is 0 Å². The molecule has 17 heavy (non-hydrogen) atoms. The maximum absolute atomic E-state index is 12.2. The molecule has 3 aliphatic rings. The smallest absolute Gasteiger partial charge is 0.228 e. The van der Waals surface area contributed by atoms with E-state index in [-0.39, 0.29) is 17.8 Å². The zero-order valence-electron chi connectivity index (χ0n) is 10.6. The molecule has 2 aliphatic heterocycles. The summed E-state index contributed by atoms with van der Waals surface area (Å²) in [6.45, 7) is 6.46. The van der Waals surface area contributed by atoms with E-state index in [4.69, 9.17) is 0 Å². The van der Waals surface area contributed by atoms with Crippen LogP contribution in [0.15, 0.2) is 0 Å². The van der Waals surface area contributed by atoms with Crippen molar-refractivity contribution in [2.75, 3.05) is 26.2 Å². The lowest BCUT2D eigenvalue weighted by Crippen LogP contribution is -2.46. The fourth-order valence-corrected chi connectivity index (χ4v) is 3.19. The van der Waals surface area contributed by atoms with Gasteiger partial charge in [-0.3, -0.25) is 4.79 Å². The molecule has 1 amide bonds. The standard InChI is InChI=1S/C13H22N2O.ClH/c1-12(2-3-12)11(16)15-8-5-13(6-9-15)4-7-14-10-13;/h14H,2-10H2,1H3;1H. The highest BCUT2D eigenvalue weighted by Gasteiger charge is 2.48. The predicted octanol–water partition coefficient (Wildman–Crippen LogP) is 1.81. The fraction of sp³-hybridized carbons (Fsp3) is 0.923. The molecule has 3 nitrogen and oxygen atoms in total. The predicted molar refractivity (Wildman–Crippen MR) is 70.3 cm³/mol. The van der Waals surface area contributed by atoms with Gasteiger partial charge in [0.2, 0.25) is 5.91 Å². The van der Waals surface area contributed by atoms with Gasteiger partial charge in [-0.15, -0.1) is 12.4 Å². The van der Waals surface area contributed by atoms with Crippen molar-refractivity contribution in [3.63, 3.8) is 0 Å². The number of halogens is 1. The molecule has 0 bridgehead atoms. The van der Waals surface area contributed by atoms with Gasteiger partial charge in [0.1, 0.15) is 0 Å². The third-order valence-corrected chi connectivity index (χ3v) is 4.96. The lowest BCUT2D eigenvalue weighted by molar-refractivity contribution is -0.138. The first-order chi connectivity index (χ1) is 7.64. The average molecular weight is 259 g/mol. The number of rotatable bonds is 1.